The number of nitrogens with one attached hydrogen (secondary N) is 1. The molecule has 0 aliphatic carbocycles. The number of furan rings is 1. The lowest BCUT2D eigenvalue weighted by Gasteiger charge is -2.16. The Hall–Kier alpha value is -2.93. The highest BCUT2D eigenvalue weighted by atomic mass is 16.5. The Bertz CT molecular complexity index is 809. The molecule has 0 saturated heterocycles. The Morgan fingerprint density at radius 1 is 1.36 bits per heavy atom. The molecule has 25 heavy (non-hydrogen) atoms. The summed E-state index contributed by atoms with van der Waals surface area (Å²) in [5, 5.41) is 2.93. The first kappa shape index (κ1) is 16.9. The van der Waals surface area contributed by atoms with Gasteiger partial charge in [0.25, 0.3) is 5.91 Å². The van der Waals surface area contributed by atoms with Crippen LogP contribution < -0.4 is 5.32 Å². The van der Waals surface area contributed by atoms with E-state index in [0.717, 1.165) is 12.2 Å². The first-order valence-electron chi connectivity index (χ1n) is 8.04. The van der Waals surface area contributed by atoms with Crippen molar-refractivity contribution in [3.05, 3.63) is 66.3 Å². The van der Waals surface area contributed by atoms with Gasteiger partial charge in [-0.2, -0.15) is 0 Å². The maximum atomic E-state index is 12.5. The second-order valence-electron chi connectivity index (χ2n) is 5.51. The molecule has 3 heterocycles. The van der Waals surface area contributed by atoms with Gasteiger partial charge in [0.1, 0.15) is 29.7 Å². The van der Waals surface area contributed by atoms with Gasteiger partial charge in [-0.1, -0.05) is 6.92 Å². The molecule has 3 aromatic heterocycles. The van der Waals surface area contributed by atoms with E-state index in [1.165, 1.54) is 6.20 Å². The molecule has 0 radical (unpaired) electrons. The summed E-state index contributed by atoms with van der Waals surface area (Å²) in [5.41, 5.74) is 0.465. The number of hydrogen-bond acceptors (Lipinski definition) is 5. The Labute approximate surface area is 145 Å². The predicted octanol–water partition coefficient (Wildman–Crippen LogP) is 2.54. The van der Waals surface area contributed by atoms with E-state index in [2.05, 4.69) is 15.3 Å². The van der Waals surface area contributed by atoms with Crippen LogP contribution in [0.4, 0.5) is 0 Å². The summed E-state index contributed by atoms with van der Waals surface area (Å²) >= 11 is 0. The van der Waals surface area contributed by atoms with E-state index in [4.69, 9.17) is 9.15 Å². The molecule has 1 amide bonds. The lowest BCUT2D eigenvalue weighted by molar-refractivity contribution is 0.0882. The Kier molecular flexibility index (Phi) is 5.25. The maximum absolute atomic E-state index is 12.5. The fourth-order valence-electron chi connectivity index (χ4n) is 2.44. The van der Waals surface area contributed by atoms with Gasteiger partial charge in [0, 0.05) is 32.1 Å². The quantitative estimate of drug-likeness (QED) is 0.715. The van der Waals surface area contributed by atoms with Crippen LogP contribution in [0.25, 0.3) is 5.82 Å². The topological polar surface area (TPSA) is 82.2 Å². The third-order valence-corrected chi connectivity index (χ3v) is 3.79. The number of hydrogen-bond donors (Lipinski definition) is 1. The molecule has 0 bridgehead atoms. The molecule has 0 aliphatic heterocycles. The van der Waals surface area contributed by atoms with Crippen molar-refractivity contribution < 1.29 is 13.9 Å². The van der Waals surface area contributed by atoms with E-state index in [-0.39, 0.29) is 11.9 Å². The molecule has 0 aliphatic rings. The first-order chi connectivity index (χ1) is 12.2. The van der Waals surface area contributed by atoms with Gasteiger partial charge in [0.15, 0.2) is 0 Å². The average Bonchev–Trinajstić information content (AvgIpc) is 3.33. The molecule has 1 N–H and O–H groups in total. The summed E-state index contributed by atoms with van der Waals surface area (Å²) in [4.78, 5) is 20.8. The zero-order valence-corrected chi connectivity index (χ0v) is 14.2. The first-order valence-corrected chi connectivity index (χ1v) is 8.04. The molecule has 1 unspecified atom stereocenters. The van der Waals surface area contributed by atoms with Gasteiger partial charge in [-0.15, -0.1) is 0 Å². The SMILES string of the molecule is CCc1ccc(C(COC)NC(=O)c2ccc(-n3ccnc3)nc2)o1. The van der Waals surface area contributed by atoms with Crippen molar-refractivity contribution in [2.24, 2.45) is 0 Å². The van der Waals surface area contributed by atoms with Gasteiger partial charge >= 0.3 is 0 Å². The van der Waals surface area contributed by atoms with Crippen LogP contribution in [-0.2, 0) is 11.2 Å². The highest BCUT2D eigenvalue weighted by Crippen LogP contribution is 2.18. The molecule has 3 aromatic rings. The number of amides is 1. The molecule has 130 valence electrons. The number of imidazole rings is 1. The minimum Gasteiger partial charge on any atom is -0.464 e. The second kappa shape index (κ2) is 7.76. The average molecular weight is 340 g/mol. The number of carbonyl (C=O) groups is 1. The van der Waals surface area contributed by atoms with Crippen LogP contribution >= 0.6 is 0 Å². The van der Waals surface area contributed by atoms with Crippen LogP contribution in [0.15, 0.2) is 53.6 Å². The molecular weight excluding hydrogens is 320 g/mol. The van der Waals surface area contributed by atoms with E-state index < -0.39 is 0 Å². The van der Waals surface area contributed by atoms with Crippen molar-refractivity contribution in [1.29, 1.82) is 0 Å². The van der Waals surface area contributed by atoms with E-state index in [1.807, 2.05) is 19.1 Å². The molecule has 0 saturated carbocycles. The van der Waals surface area contributed by atoms with Gasteiger partial charge in [0.2, 0.25) is 0 Å². The molecule has 7 heteroatoms. The summed E-state index contributed by atoms with van der Waals surface area (Å²) in [5.74, 6) is 2.01. The highest BCUT2D eigenvalue weighted by Gasteiger charge is 2.19. The number of carbonyl (C=O) groups excluding carboxylic acids is 1. The second-order valence-corrected chi connectivity index (χ2v) is 5.51. The minimum absolute atomic E-state index is 0.235. The molecule has 0 spiro atoms. The third kappa shape index (κ3) is 3.95. The number of pyridine rings is 1. The van der Waals surface area contributed by atoms with Gasteiger partial charge < -0.3 is 14.5 Å². The molecule has 3 rings (SSSR count). The van der Waals surface area contributed by atoms with Crippen LogP contribution in [0.2, 0.25) is 0 Å². The van der Waals surface area contributed by atoms with Crippen LogP contribution in [0, 0.1) is 0 Å². The summed E-state index contributed by atoms with van der Waals surface area (Å²) in [6, 6.07) is 6.91. The van der Waals surface area contributed by atoms with E-state index in [0.29, 0.717) is 23.7 Å². The van der Waals surface area contributed by atoms with Gasteiger partial charge in [-0.3, -0.25) is 9.36 Å². The molecule has 7 nitrogen and oxygen atoms in total. The summed E-state index contributed by atoms with van der Waals surface area (Å²) in [6.45, 7) is 2.34. The number of ether oxygens (including phenoxy) is 1. The van der Waals surface area contributed by atoms with Crippen molar-refractivity contribution in [2.75, 3.05) is 13.7 Å². The van der Waals surface area contributed by atoms with Gasteiger partial charge in [0.05, 0.1) is 12.2 Å². The van der Waals surface area contributed by atoms with Crippen LogP contribution in [-0.4, -0.2) is 34.2 Å². The van der Waals surface area contributed by atoms with Crippen LogP contribution in [0.3, 0.4) is 0 Å². The number of methoxy groups -OCH3 is 1. The van der Waals surface area contributed by atoms with Crippen LogP contribution in [0.1, 0.15) is 34.8 Å². The van der Waals surface area contributed by atoms with Crippen molar-refractivity contribution in [2.45, 2.75) is 19.4 Å². The Morgan fingerprint density at radius 3 is 2.84 bits per heavy atom. The fourth-order valence-corrected chi connectivity index (χ4v) is 2.44. The lowest BCUT2D eigenvalue weighted by Crippen LogP contribution is -2.31. The molecule has 0 fully saturated rings. The molecule has 0 aromatic carbocycles. The van der Waals surface area contributed by atoms with E-state index in [9.17, 15) is 4.79 Å². The number of rotatable bonds is 7. The van der Waals surface area contributed by atoms with Gasteiger partial charge in [-0.25, -0.2) is 9.97 Å². The minimum atomic E-state index is -0.355. The van der Waals surface area contributed by atoms with Crippen molar-refractivity contribution in [1.82, 2.24) is 19.9 Å². The molecule has 1 atom stereocenters. The number of aromatic nitrogens is 3. The van der Waals surface area contributed by atoms with Gasteiger partial charge in [-0.05, 0) is 24.3 Å². The summed E-state index contributed by atoms with van der Waals surface area (Å²) in [6.07, 6.45) is 7.45. The fraction of sp³-hybridized carbons (Fsp3) is 0.278. The lowest BCUT2D eigenvalue weighted by atomic mass is 10.2. The zero-order valence-electron chi connectivity index (χ0n) is 14.2. The molecular formula is C18H20N4O3. The maximum Gasteiger partial charge on any atom is 0.253 e. The Balaban J connectivity index is 1.72. The predicted molar refractivity (Wildman–Crippen MR) is 91.5 cm³/mol. The van der Waals surface area contributed by atoms with E-state index in [1.54, 1.807) is 42.5 Å². The van der Waals surface area contributed by atoms with Crippen molar-refractivity contribution >= 4 is 5.91 Å². The third-order valence-electron chi connectivity index (χ3n) is 3.79. The number of nitrogens with zero attached hydrogens (tertiary/aromatic N) is 3. The zero-order chi connectivity index (χ0) is 17.6. The van der Waals surface area contributed by atoms with Crippen molar-refractivity contribution in [3.8, 4) is 5.82 Å². The Morgan fingerprint density at radius 2 is 2.24 bits per heavy atom. The summed E-state index contributed by atoms with van der Waals surface area (Å²) in [7, 11) is 1.59. The smallest absolute Gasteiger partial charge is 0.253 e. The van der Waals surface area contributed by atoms with Crippen LogP contribution in [0.5, 0.6) is 0 Å². The normalized spacial score (nSPS) is 12.1. The number of aryl methyl sites for hydroxylation is 1. The highest BCUT2D eigenvalue weighted by molar-refractivity contribution is 5.94. The van der Waals surface area contributed by atoms with Crippen molar-refractivity contribution in [3.63, 3.8) is 0 Å². The standard InChI is InChI=1S/C18H20N4O3/c1-3-14-5-6-16(25-14)15(11-24-2)21-18(23)13-4-7-17(20-10-13)22-9-8-19-12-22/h4-10,12,15H,3,11H2,1-2H3,(H,21,23). The monoisotopic (exact) mass is 340 g/mol. The van der Waals surface area contributed by atoms with E-state index >= 15 is 0 Å². The summed E-state index contributed by atoms with van der Waals surface area (Å²) < 4.78 is 12.7. The largest absolute Gasteiger partial charge is 0.464 e.